The number of hydrogen-bond donors (Lipinski definition) is 0. The lowest BCUT2D eigenvalue weighted by molar-refractivity contribution is 1.13. The summed E-state index contributed by atoms with van der Waals surface area (Å²) >= 11 is 6.92. The minimum atomic E-state index is 0.224. The van der Waals surface area contributed by atoms with Gasteiger partial charge >= 0.3 is 0 Å². The molecule has 1 aliphatic carbocycles. The first kappa shape index (κ1) is 5.83. The summed E-state index contributed by atoms with van der Waals surface area (Å²) < 4.78 is 0.224. The quantitative estimate of drug-likeness (QED) is 0.476. The van der Waals surface area contributed by atoms with Crippen molar-refractivity contribution in [3.63, 3.8) is 0 Å². The Morgan fingerprint density at radius 3 is 2.14 bits per heavy atom. The highest BCUT2D eigenvalue weighted by Crippen LogP contribution is 2.56. The average molecular weight is 226 g/mol. The van der Waals surface area contributed by atoms with Crippen LogP contribution in [0.15, 0.2) is 12.7 Å². The minimum Gasteiger partial charge on any atom is -0.103 e. The summed E-state index contributed by atoms with van der Waals surface area (Å²) in [4.78, 5) is 0. The van der Waals surface area contributed by atoms with Crippen molar-refractivity contribution in [2.45, 2.75) is 9.65 Å². The number of halogens is 2. The third-order valence-corrected chi connectivity index (χ3v) is 2.98. The summed E-state index contributed by atoms with van der Waals surface area (Å²) in [7, 11) is 0. The fourth-order valence-corrected chi connectivity index (χ4v) is 1.56. The Kier molecular flexibility index (Phi) is 1.32. The largest absolute Gasteiger partial charge is 0.103 e. The Morgan fingerprint density at radius 1 is 1.71 bits per heavy atom. The second kappa shape index (κ2) is 1.59. The monoisotopic (exact) mass is 224 g/mol. The van der Waals surface area contributed by atoms with Crippen molar-refractivity contribution in [2.75, 3.05) is 0 Å². The number of hydrogen-bond acceptors (Lipinski definition) is 0. The molecule has 0 amide bonds. The van der Waals surface area contributed by atoms with Gasteiger partial charge in [0.25, 0.3) is 0 Å². The fraction of sp³-hybridized carbons (Fsp3) is 0.600. The van der Waals surface area contributed by atoms with Crippen LogP contribution in [0.25, 0.3) is 0 Å². The lowest BCUT2D eigenvalue weighted by Crippen LogP contribution is -1.81. The van der Waals surface area contributed by atoms with Crippen molar-refractivity contribution >= 4 is 31.9 Å². The molecule has 0 N–H and O–H groups in total. The van der Waals surface area contributed by atoms with Crippen LogP contribution in [-0.2, 0) is 0 Å². The van der Waals surface area contributed by atoms with E-state index in [1.54, 1.807) is 0 Å². The third kappa shape index (κ3) is 1.08. The maximum atomic E-state index is 3.66. The summed E-state index contributed by atoms with van der Waals surface area (Å²) in [6.07, 6.45) is 3.14. The molecule has 0 bridgehead atoms. The van der Waals surface area contributed by atoms with Crippen LogP contribution >= 0.6 is 31.9 Å². The molecular weight excluding hydrogens is 220 g/mol. The van der Waals surface area contributed by atoms with Crippen molar-refractivity contribution in [1.82, 2.24) is 0 Å². The van der Waals surface area contributed by atoms with Crippen LogP contribution in [0.5, 0.6) is 0 Å². The normalized spacial score (nSPS) is 34.9. The van der Waals surface area contributed by atoms with Gasteiger partial charge in [-0.2, -0.15) is 0 Å². The molecule has 0 unspecified atom stereocenters. The Balaban J connectivity index is 2.44. The lowest BCUT2D eigenvalue weighted by Gasteiger charge is -1.87. The van der Waals surface area contributed by atoms with E-state index in [2.05, 4.69) is 38.4 Å². The fourth-order valence-electron chi connectivity index (χ4n) is 0.490. The molecule has 0 nitrogen and oxygen atoms in total. The molecule has 0 heterocycles. The van der Waals surface area contributed by atoms with Gasteiger partial charge in [0.15, 0.2) is 0 Å². The van der Waals surface area contributed by atoms with Crippen LogP contribution < -0.4 is 0 Å². The van der Waals surface area contributed by atoms with Gasteiger partial charge in [0.05, 0.1) is 3.23 Å². The highest BCUT2D eigenvalue weighted by Gasteiger charge is 2.47. The molecule has 2 heteroatoms. The third-order valence-electron chi connectivity index (χ3n) is 1.16. The molecule has 7 heavy (non-hydrogen) atoms. The van der Waals surface area contributed by atoms with Crippen LogP contribution in [-0.4, -0.2) is 3.23 Å². The zero-order chi connectivity index (χ0) is 5.49. The van der Waals surface area contributed by atoms with Crippen LogP contribution in [0.1, 0.15) is 6.42 Å². The summed E-state index contributed by atoms with van der Waals surface area (Å²) in [6.45, 7) is 3.66. The van der Waals surface area contributed by atoms with Gasteiger partial charge in [0.1, 0.15) is 0 Å². The van der Waals surface area contributed by atoms with Gasteiger partial charge in [0, 0.05) is 5.92 Å². The second-order valence-electron chi connectivity index (χ2n) is 1.81. The predicted molar refractivity (Wildman–Crippen MR) is 38.9 cm³/mol. The standard InChI is InChI=1S/C5H6Br2/c1-2-4-3-5(4,6)7/h2,4H,1,3H2/t4-/m0/s1. The molecule has 0 aromatic rings. The van der Waals surface area contributed by atoms with Gasteiger partial charge in [-0.05, 0) is 6.42 Å². The van der Waals surface area contributed by atoms with Gasteiger partial charge in [-0.1, -0.05) is 37.9 Å². The number of rotatable bonds is 1. The van der Waals surface area contributed by atoms with Crippen LogP contribution in [0.2, 0.25) is 0 Å². The van der Waals surface area contributed by atoms with E-state index in [1.807, 2.05) is 6.08 Å². The lowest BCUT2D eigenvalue weighted by atomic mass is 10.4. The first-order valence-electron chi connectivity index (χ1n) is 2.17. The summed E-state index contributed by atoms with van der Waals surface area (Å²) in [5.74, 6) is 0.646. The molecule has 0 spiro atoms. The second-order valence-corrected chi connectivity index (χ2v) is 5.70. The Morgan fingerprint density at radius 2 is 2.14 bits per heavy atom. The van der Waals surface area contributed by atoms with Crippen LogP contribution in [0, 0.1) is 5.92 Å². The Labute approximate surface area is 60.2 Å². The average Bonchev–Trinajstić information content (AvgIpc) is 2.13. The van der Waals surface area contributed by atoms with Crippen molar-refractivity contribution in [3.05, 3.63) is 12.7 Å². The van der Waals surface area contributed by atoms with E-state index in [0.29, 0.717) is 5.92 Å². The SMILES string of the molecule is C=C[C@H]1CC1(Br)Br. The maximum Gasteiger partial charge on any atom is 0.0874 e. The predicted octanol–water partition coefficient (Wildman–Crippen LogP) is 2.68. The summed E-state index contributed by atoms with van der Waals surface area (Å²) in [5, 5.41) is 0. The maximum absolute atomic E-state index is 3.66. The zero-order valence-electron chi connectivity index (χ0n) is 3.82. The van der Waals surface area contributed by atoms with Crippen molar-refractivity contribution in [2.24, 2.45) is 5.92 Å². The topological polar surface area (TPSA) is 0 Å². The van der Waals surface area contributed by atoms with E-state index in [-0.39, 0.29) is 3.23 Å². The Bertz CT molecular complexity index is 96.3. The first-order valence-corrected chi connectivity index (χ1v) is 3.76. The van der Waals surface area contributed by atoms with Gasteiger partial charge < -0.3 is 0 Å². The van der Waals surface area contributed by atoms with Crippen LogP contribution in [0.4, 0.5) is 0 Å². The van der Waals surface area contributed by atoms with E-state index < -0.39 is 0 Å². The molecule has 40 valence electrons. The van der Waals surface area contributed by atoms with Gasteiger partial charge in [-0.15, -0.1) is 6.58 Å². The summed E-state index contributed by atoms with van der Waals surface area (Å²) in [5.41, 5.74) is 0. The first-order chi connectivity index (χ1) is 3.17. The highest BCUT2D eigenvalue weighted by atomic mass is 79.9. The minimum absolute atomic E-state index is 0.224. The van der Waals surface area contributed by atoms with Gasteiger partial charge in [-0.25, -0.2) is 0 Å². The molecule has 0 radical (unpaired) electrons. The van der Waals surface area contributed by atoms with Crippen molar-refractivity contribution in [1.29, 1.82) is 0 Å². The van der Waals surface area contributed by atoms with E-state index in [4.69, 9.17) is 0 Å². The molecule has 1 rings (SSSR count). The zero-order valence-corrected chi connectivity index (χ0v) is 7.00. The smallest absolute Gasteiger partial charge is 0.0874 e. The summed E-state index contributed by atoms with van der Waals surface area (Å²) in [6, 6.07) is 0. The molecule has 1 saturated carbocycles. The van der Waals surface area contributed by atoms with Crippen LogP contribution in [0.3, 0.4) is 0 Å². The van der Waals surface area contributed by atoms with E-state index in [1.165, 1.54) is 6.42 Å². The van der Waals surface area contributed by atoms with E-state index in [9.17, 15) is 0 Å². The van der Waals surface area contributed by atoms with Crippen molar-refractivity contribution < 1.29 is 0 Å². The molecule has 1 aliphatic rings. The number of allylic oxidation sites excluding steroid dienone is 1. The van der Waals surface area contributed by atoms with Gasteiger partial charge in [0.2, 0.25) is 0 Å². The molecule has 0 aromatic heterocycles. The Hall–Kier alpha value is 0.700. The van der Waals surface area contributed by atoms with E-state index in [0.717, 1.165) is 0 Å². The highest BCUT2D eigenvalue weighted by molar-refractivity contribution is 9.25. The molecule has 0 saturated heterocycles. The molecule has 1 fully saturated rings. The number of alkyl halides is 2. The molecule has 1 atom stereocenters. The molecule has 0 aromatic carbocycles. The van der Waals surface area contributed by atoms with E-state index >= 15 is 0 Å². The van der Waals surface area contributed by atoms with Crippen molar-refractivity contribution in [3.8, 4) is 0 Å². The molecule has 0 aliphatic heterocycles. The van der Waals surface area contributed by atoms with Gasteiger partial charge in [-0.3, -0.25) is 0 Å². The molecular formula is C5H6Br2.